The van der Waals surface area contributed by atoms with Crippen molar-refractivity contribution in [2.45, 2.75) is 284 Å². The highest BCUT2D eigenvalue weighted by molar-refractivity contribution is 5.71. The van der Waals surface area contributed by atoms with Gasteiger partial charge in [-0.15, -0.1) is 0 Å². The third kappa shape index (κ3) is 48.5. The van der Waals surface area contributed by atoms with Gasteiger partial charge in [0.05, 0.1) is 0 Å². The highest BCUT2D eigenvalue weighted by atomic mass is 16.6. The van der Waals surface area contributed by atoms with E-state index in [4.69, 9.17) is 14.2 Å². The topological polar surface area (TPSA) is 78.9 Å². The predicted molar refractivity (Wildman–Crippen MR) is 261 cm³/mol. The summed E-state index contributed by atoms with van der Waals surface area (Å²) >= 11 is 0. The Bertz CT molecular complexity index is 1030. The molecule has 6 nitrogen and oxygen atoms in total. The average molecular weight is 857 g/mol. The fraction of sp³-hybridized carbons (Fsp3) is 0.836. The quantitative estimate of drug-likeness (QED) is 0.0262. The van der Waals surface area contributed by atoms with Crippen LogP contribution in [-0.2, 0) is 28.6 Å². The van der Waals surface area contributed by atoms with Gasteiger partial charge in [0.15, 0.2) is 6.10 Å². The van der Waals surface area contributed by atoms with E-state index >= 15 is 0 Å². The number of ether oxygens (including phenoxy) is 3. The van der Waals surface area contributed by atoms with Crippen LogP contribution >= 0.6 is 0 Å². The van der Waals surface area contributed by atoms with Crippen molar-refractivity contribution in [2.24, 2.45) is 0 Å². The summed E-state index contributed by atoms with van der Waals surface area (Å²) in [5, 5.41) is 0. The van der Waals surface area contributed by atoms with Gasteiger partial charge in [0.1, 0.15) is 13.2 Å². The summed E-state index contributed by atoms with van der Waals surface area (Å²) in [6, 6.07) is 0. The van der Waals surface area contributed by atoms with Gasteiger partial charge in [-0.3, -0.25) is 14.4 Å². The van der Waals surface area contributed by atoms with Gasteiger partial charge in [-0.25, -0.2) is 0 Å². The number of rotatable bonds is 48. The summed E-state index contributed by atoms with van der Waals surface area (Å²) in [5.41, 5.74) is 0. The summed E-state index contributed by atoms with van der Waals surface area (Å²) in [6.45, 7) is 6.56. The predicted octanol–water partition coefficient (Wildman–Crippen LogP) is 17.3. The molecule has 0 amide bonds. The number of carbonyl (C=O) groups is 3. The number of allylic oxidation sites excluding steroid dienone is 6. The Hall–Kier alpha value is -2.37. The minimum absolute atomic E-state index is 0.0747. The lowest BCUT2D eigenvalue weighted by Gasteiger charge is -2.18. The van der Waals surface area contributed by atoms with Crippen molar-refractivity contribution < 1.29 is 28.6 Å². The van der Waals surface area contributed by atoms with Gasteiger partial charge in [0.2, 0.25) is 0 Å². The molecule has 0 aliphatic rings. The van der Waals surface area contributed by atoms with Crippen molar-refractivity contribution in [2.75, 3.05) is 13.2 Å². The zero-order valence-electron chi connectivity index (χ0n) is 40.7. The van der Waals surface area contributed by atoms with E-state index in [-0.39, 0.29) is 31.1 Å². The molecule has 1 atom stereocenters. The van der Waals surface area contributed by atoms with Crippen LogP contribution in [0, 0.1) is 0 Å². The second-order valence-corrected chi connectivity index (χ2v) is 17.8. The minimum Gasteiger partial charge on any atom is -0.462 e. The minimum atomic E-state index is -0.770. The van der Waals surface area contributed by atoms with Gasteiger partial charge < -0.3 is 14.2 Å². The maximum absolute atomic E-state index is 12.7. The molecule has 0 saturated carbocycles. The lowest BCUT2D eigenvalue weighted by atomic mass is 10.0. The van der Waals surface area contributed by atoms with Crippen LogP contribution in [-0.4, -0.2) is 37.2 Å². The molecular weight excluding hydrogens is 757 g/mol. The fourth-order valence-electron chi connectivity index (χ4n) is 7.63. The number of hydrogen-bond acceptors (Lipinski definition) is 6. The molecule has 0 bridgehead atoms. The van der Waals surface area contributed by atoms with Gasteiger partial charge in [0.25, 0.3) is 0 Å². The van der Waals surface area contributed by atoms with Crippen LogP contribution < -0.4 is 0 Å². The van der Waals surface area contributed by atoms with E-state index in [0.29, 0.717) is 19.3 Å². The number of hydrogen-bond donors (Lipinski definition) is 0. The third-order valence-electron chi connectivity index (χ3n) is 11.6. The normalized spacial score (nSPS) is 12.2. The molecule has 6 heteroatoms. The van der Waals surface area contributed by atoms with Crippen LogP contribution in [0.1, 0.15) is 278 Å². The van der Waals surface area contributed by atoms with E-state index in [0.717, 1.165) is 83.5 Å². The Balaban J connectivity index is 4.15. The van der Waals surface area contributed by atoms with E-state index in [2.05, 4.69) is 57.2 Å². The van der Waals surface area contributed by atoms with Crippen molar-refractivity contribution in [3.05, 3.63) is 36.5 Å². The summed E-state index contributed by atoms with van der Waals surface area (Å²) < 4.78 is 16.7. The summed E-state index contributed by atoms with van der Waals surface area (Å²) in [6.07, 6.45) is 58.8. The highest BCUT2D eigenvalue weighted by Crippen LogP contribution is 2.16. The SMILES string of the molecule is CCCCCCC/C=C\C/C=C\C/C=C\CCCCCCCCC(=O)OCC(COC(=O)CCCCCCC)OC(=O)CCCCCCCCCCCCCCCCCCC. The summed E-state index contributed by atoms with van der Waals surface area (Å²) in [5.74, 6) is -0.890. The molecule has 0 aliphatic carbocycles. The van der Waals surface area contributed by atoms with Gasteiger partial charge in [-0.1, -0.05) is 237 Å². The maximum Gasteiger partial charge on any atom is 0.306 e. The summed E-state index contributed by atoms with van der Waals surface area (Å²) in [7, 11) is 0. The molecule has 0 saturated heterocycles. The molecule has 0 aliphatic heterocycles. The lowest BCUT2D eigenvalue weighted by molar-refractivity contribution is -0.167. The Kier molecular flexibility index (Phi) is 48.3. The van der Waals surface area contributed by atoms with Crippen molar-refractivity contribution in [3.63, 3.8) is 0 Å². The molecule has 0 rings (SSSR count). The molecular formula is C55H100O6. The van der Waals surface area contributed by atoms with Gasteiger partial charge in [0, 0.05) is 19.3 Å². The fourth-order valence-corrected chi connectivity index (χ4v) is 7.63. The van der Waals surface area contributed by atoms with Crippen molar-refractivity contribution >= 4 is 17.9 Å². The van der Waals surface area contributed by atoms with Crippen molar-refractivity contribution in [1.82, 2.24) is 0 Å². The molecule has 0 aromatic rings. The van der Waals surface area contributed by atoms with Crippen LogP contribution in [0.4, 0.5) is 0 Å². The summed E-state index contributed by atoms with van der Waals surface area (Å²) in [4.78, 5) is 37.7. The highest BCUT2D eigenvalue weighted by Gasteiger charge is 2.19. The number of carbonyl (C=O) groups excluding carboxylic acids is 3. The van der Waals surface area contributed by atoms with Gasteiger partial charge in [-0.2, -0.15) is 0 Å². The van der Waals surface area contributed by atoms with E-state index in [1.165, 1.54) is 154 Å². The van der Waals surface area contributed by atoms with Crippen LogP contribution in [0.15, 0.2) is 36.5 Å². The van der Waals surface area contributed by atoms with E-state index in [9.17, 15) is 14.4 Å². The molecule has 61 heavy (non-hydrogen) atoms. The number of esters is 3. The first kappa shape index (κ1) is 58.6. The second-order valence-electron chi connectivity index (χ2n) is 17.8. The van der Waals surface area contributed by atoms with Gasteiger partial charge in [-0.05, 0) is 57.8 Å². The first-order valence-corrected chi connectivity index (χ1v) is 26.5. The molecule has 0 radical (unpaired) electrons. The van der Waals surface area contributed by atoms with Crippen LogP contribution in [0.25, 0.3) is 0 Å². The number of unbranched alkanes of at least 4 members (excludes halogenated alkanes) is 31. The smallest absolute Gasteiger partial charge is 0.306 e. The Morgan fingerprint density at radius 3 is 0.918 bits per heavy atom. The van der Waals surface area contributed by atoms with E-state index in [1.807, 2.05) is 0 Å². The van der Waals surface area contributed by atoms with Crippen LogP contribution in [0.2, 0.25) is 0 Å². The van der Waals surface area contributed by atoms with E-state index < -0.39 is 6.10 Å². The Labute approximate surface area is 378 Å². The first-order chi connectivity index (χ1) is 30.0. The molecule has 0 heterocycles. The third-order valence-corrected chi connectivity index (χ3v) is 11.6. The molecule has 0 spiro atoms. The monoisotopic (exact) mass is 857 g/mol. The Morgan fingerprint density at radius 2 is 0.590 bits per heavy atom. The second kappa shape index (κ2) is 50.3. The molecule has 0 aromatic heterocycles. The molecule has 0 fully saturated rings. The molecule has 0 N–H and O–H groups in total. The zero-order chi connectivity index (χ0) is 44.4. The first-order valence-electron chi connectivity index (χ1n) is 26.5. The van der Waals surface area contributed by atoms with Crippen LogP contribution in [0.5, 0.6) is 0 Å². The zero-order valence-corrected chi connectivity index (χ0v) is 40.7. The maximum atomic E-state index is 12.7. The Morgan fingerprint density at radius 1 is 0.328 bits per heavy atom. The van der Waals surface area contributed by atoms with E-state index in [1.54, 1.807) is 0 Å². The van der Waals surface area contributed by atoms with Crippen LogP contribution in [0.3, 0.4) is 0 Å². The van der Waals surface area contributed by atoms with Gasteiger partial charge >= 0.3 is 17.9 Å². The standard InChI is InChI=1S/C55H100O6/c1-4-7-10-13-15-17-19-21-23-25-26-27-28-30-31-33-35-37-39-42-45-48-54(57)60-51-52(50-59-53(56)47-44-41-12-9-6-3)61-55(58)49-46-43-40-38-36-34-32-29-24-22-20-18-16-14-11-8-5-2/h19,21,25-26,28,30,52H,4-18,20,22-24,27,29,31-51H2,1-3H3/b21-19-,26-25-,30-28-. The largest absolute Gasteiger partial charge is 0.462 e. The van der Waals surface area contributed by atoms with Crippen molar-refractivity contribution in [1.29, 1.82) is 0 Å². The molecule has 1 unspecified atom stereocenters. The molecule has 0 aromatic carbocycles. The lowest BCUT2D eigenvalue weighted by Crippen LogP contribution is -2.30. The average Bonchev–Trinajstić information content (AvgIpc) is 3.26. The van der Waals surface area contributed by atoms with Crippen molar-refractivity contribution in [3.8, 4) is 0 Å². The molecule has 356 valence electrons.